The lowest BCUT2D eigenvalue weighted by Gasteiger charge is -1.99. The van der Waals surface area contributed by atoms with Crippen molar-refractivity contribution >= 4 is 15.9 Å². The molecule has 0 radical (unpaired) electrons. The molecule has 0 saturated heterocycles. The van der Waals surface area contributed by atoms with E-state index in [1.807, 2.05) is 17.8 Å². The minimum Gasteiger partial charge on any atom is -0.380 e. The Labute approximate surface area is 86.4 Å². The molecule has 0 atom stereocenters. The van der Waals surface area contributed by atoms with Crippen LogP contribution in [0.4, 0.5) is 0 Å². The van der Waals surface area contributed by atoms with Gasteiger partial charge >= 0.3 is 0 Å². The Hall–Kier alpha value is -0.420. The minimum atomic E-state index is 0.702. The highest BCUT2D eigenvalue weighted by atomic mass is 79.9. The van der Waals surface area contributed by atoms with Gasteiger partial charge in [-0.05, 0) is 6.92 Å². The van der Waals surface area contributed by atoms with Gasteiger partial charge in [-0.1, -0.05) is 21.1 Å². The van der Waals surface area contributed by atoms with Crippen LogP contribution in [0.25, 0.3) is 0 Å². The second-order valence-electron chi connectivity index (χ2n) is 2.61. The van der Waals surface area contributed by atoms with Gasteiger partial charge in [0.15, 0.2) is 0 Å². The van der Waals surface area contributed by atoms with E-state index < -0.39 is 0 Å². The lowest BCUT2D eigenvalue weighted by Crippen LogP contribution is -2.06. The molecule has 1 aromatic rings. The van der Waals surface area contributed by atoms with Crippen LogP contribution in [-0.4, -0.2) is 33.5 Å². The summed E-state index contributed by atoms with van der Waals surface area (Å²) in [5.74, 6) is 0. The molecule has 1 rings (SSSR count). The number of nitrogens with zero attached hydrogens (tertiary/aromatic N) is 3. The Morgan fingerprint density at radius 2 is 2.46 bits per heavy atom. The number of hydrogen-bond acceptors (Lipinski definition) is 3. The molecule has 0 aliphatic rings. The molecule has 4 nitrogen and oxygen atoms in total. The smallest absolute Gasteiger partial charge is 0.0835 e. The molecule has 0 bridgehead atoms. The third-order valence-corrected chi connectivity index (χ3v) is 2.00. The highest BCUT2D eigenvalue weighted by Gasteiger charge is 1.98. The molecule has 0 saturated carbocycles. The maximum absolute atomic E-state index is 5.21. The van der Waals surface area contributed by atoms with Gasteiger partial charge < -0.3 is 4.74 Å². The Kier molecular flexibility index (Phi) is 5.00. The number of hydrogen-bond donors (Lipinski definition) is 0. The molecular weight excluding hydrogens is 234 g/mol. The zero-order valence-corrected chi connectivity index (χ0v) is 9.33. The SMILES string of the molecule is CCOCCn1cc(CCBr)nn1. The van der Waals surface area contributed by atoms with Crippen LogP contribution in [0.15, 0.2) is 6.20 Å². The molecule has 74 valence electrons. The molecule has 1 heterocycles. The molecule has 0 N–H and O–H groups in total. The number of aromatic nitrogens is 3. The quantitative estimate of drug-likeness (QED) is 0.562. The zero-order valence-electron chi connectivity index (χ0n) is 7.74. The first-order valence-corrected chi connectivity index (χ1v) is 5.51. The first kappa shape index (κ1) is 10.7. The van der Waals surface area contributed by atoms with Gasteiger partial charge in [0.05, 0.1) is 18.8 Å². The highest BCUT2D eigenvalue weighted by Crippen LogP contribution is 1.96. The summed E-state index contributed by atoms with van der Waals surface area (Å²) in [5.41, 5.74) is 1.02. The number of rotatable bonds is 6. The molecule has 0 spiro atoms. The van der Waals surface area contributed by atoms with Crippen LogP contribution in [0.3, 0.4) is 0 Å². The summed E-state index contributed by atoms with van der Waals surface area (Å²) in [5, 5.41) is 8.91. The summed E-state index contributed by atoms with van der Waals surface area (Å²) >= 11 is 3.36. The summed E-state index contributed by atoms with van der Waals surface area (Å²) in [4.78, 5) is 0. The van der Waals surface area contributed by atoms with Crippen LogP contribution in [0.1, 0.15) is 12.6 Å². The largest absolute Gasteiger partial charge is 0.380 e. The molecule has 0 aliphatic heterocycles. The van der Waals surface area contributed by atoms with Gasteiger partial charge in [-0.25, -0.2) is 4.68 Å². The van der Waals surface area contributed by atoms with Crippen molar-refractivity contribution in [1.29, 1.82) is 0 Å². The standard InChI is InChI=1S/C8H14BrN3O/c1-2-13-6-5-12-7-8(3-4-9)10-11-12/h7H,2-6H2,1H3. The summed E-state index contributed by atoms with van der Waals surface area (Å²) in [6.07, 6.45) is 2.88. The van der Waals surface area contributed by atoms with E-state index in [1.54, 1.807) is 0 Å². The molecule has 0 aromatic carbocycles. The van der Waals surface area contributed by atoms with E-state index in [9.17, 15) is 0 Å². The molecule has 1 aromatic heterocycles. The highest BCUT2D eigenvalue weighted by molar-refractivity contribution is 9.09. The Balaban J connectivity index is 2.31. The van der Waals surface area contributed by atoms with Gasteiger partial charge in [-0.3, -0.25) is 0 Å². The van der Waals surface area contributed by atoms with Gasteiger partial charge in [0.25, 0.3) is 0 Å². The van der Waals surface area contributed by atoms with E-state index in [0.29, 0.717) is 6.61 Å². The second kappa shape index (κ2) is 6.10. The van der Waals surface area contributed by atoms with Gasteiger partial charge in [0, 0.05) is 24.6 Å². The summed E-state index contributed by atoms with van der Waals surface area (Å²) in [6, 6.07) is 0. The average Bonchev–Trinajstić information content (AvgIpc) is 2.54. The van der Waals surface area contributed by atoms with Gasteiger partial charge in [-0.15, -0.1) is 5.10 Å². The molecule has 0 fully saturated rings. The van der Waals surface area contributed by atoms with Gasteiger partial charge in [0.1, 0.15) is 0 Å². The van der Waals surface area contributed by atoms with Crippen molar-refractivity contribution in [2.75, 3.05) is 18.5 Å². The third kappa shape index (κ3) is 3.87. The lowest BCUT2D eigenvalue weighted by molar-refractivity contribution is 0.136. The molecule has 0 amide bonds. The maximum Gasteiger partial charge on any atom is 0.0835 e. The Bertz CT molecular complexity index is 239. The van der Waals surface area contributed by atoms with Crippen LogP contribution in [-0.2, 0) is 17.7 Å². The lowest BCUT2D eigenvalue weighted by atomic mass is 10.4. The van der Waals surface area contributed by atoms with Crippen LogP contribution in [0.5, 0.6) is 0 Å². The van der Waals surface area contributed by atoms with Crippen molar-refractivity contribution in [3.8, 4) is 0 Å². The van der Waals surface area contributed by atoms with Crippen LogP contribution >= 0.6 is 15.9 Å². The van der Waals surface area contributed by atoms with E-state index in [0.717, 1.165) is 30.6 Å². The summed E-state index contributed by atoms with van der Waals surface area (Å²) in [7, 11) is 0. The first-order chi connectivity index (χ1) is 6.36. The summed E-state index contributed by atoms with van der Waals surface area (Å²) in [6.45, 7) is 4.22. The molecular formula is C8H14BrN3O. The average molecular weight is 248 g/mol. The fourth-order valence-corrected chi connectivity index (χ4v) is 1.37. The minimum absolute atomic E-state index is 0.702. The Morgan fingerprint density at radius 3 is 3.15 bits per heavy atom. The normalized spacial score (nSPS) is 10.6. The first-order valence-electron chi connectivity index (χ1n) is 4.39. The maximum atomic E-state index is 5.21. The molecule has 0 unspecified atom stereocenters. The Morgan fingerprint density at radius 1 is 1.62 bits per heavy atom. The number of aryl methyl sites for hydroxylation is 1. The van der Waals surface area contributed by atoms with Crippen LogP contribution < -0.4 is 0 Å². The fraction of sp³-hybridized carbons (Fsp3) is 0.750. The number of ether oxygens (including phenoxy) is 1. The molecule has 5 heteroatoms. The van der Waals surface area contributed by atoms with E-state index in [2.05, 4.69) is 26.2 Å². The van der Waals surface area contributed by atoms with Crippen molar-refractivity contribution < 1.29 is 4.74 Å². The van der Waals surface area contributed by atoms with Crippen molar-refractivity contribution in [3.63, 3.8) is 0 Å². The third-order valence-electron chi connectivity index (χ3n) is 1.61. The molecule has 13 heavy (non-hydrogen) atoms. The zero-order chi connectivity index (χ0) is 9.52. The number of alkyl halides is 1. The van der Waals surface area contributed by atoms with Crippen molar-refractivity contribution in [2.24, 2.45) is 0 Å². The topological polar surface area (TPSA) is 39.9 Å². The predicted molar refractivity (Wildman–Crippen MR) is 54.0 cm³/mol. The van der Waals surface area contributed by atoms with Crippen molar-refractivity contribution in [2.45, 2.75) is 19.9 Å². The van der Waals surface area contributed by atoms with Crippen molar-refractivity contribution in [3.05, 3.63) is 11.9 Å². The van der Waals surface area contributed by atoms with Crippen LogP contribution in [0.2, 0.25) is 0 Å². The summed E-state index contributed by atoms with van der Waals surface area (Å²) < 4.78 is 7.02. The van der Waals surface area contributed by atoms with E-state index >= 15 is 0 Å². The van der Waals surface area contributed by atoms with E-state index in [-0.39, 0.29) is 0 Å². The van der Waals surface area contributed by atoms with Gasteiger partial charge in [0.2, 0.25) is 0 Å². The van der Waals surface area contributed by atoms with Gasteiger partial charge in [-0.2, -0.15) is 0 Å². The fourth-order valence-electron chi connectivity index (χ4n) is 0.962. The molecule has 0 aliphatic carbocycles. The predicted octanol–water partition coefficient (Wildman–Crippen LogP) is 1.25. The van der Waals surface area contributed by atoms with E-state index in [1.165, 1.54) is 0 Å². The van der Waals surface area contributed by atoms with Crippen molar-refractivity contribution in [1.82, 2.24) is 15.0 Å². The monoisotopic (exact) mass is 247 g/mol. The van der Waals surface area contributed by atoms with Crippen LogP contribution in [0, 0.1) is 0 Å². The second-order valence-corrected chi connectivity index (χ2v) is 3.40. The van der Waals surface area contributed by atoms with E-state index in [4.69, 9.17) is 4.74 Å². The number of halogens is 1.